The molecule has 0 unspecified atom stereocenters. The van der Waals surface area contributed by atoms with Gasteiger partial charge in [-0.25, -0.2) is 0 Å². The van der Waals surface area contributed by atoms with Crippen molar-refractivity contribution in [2.24, 2.45) is 0 Å². The average molecular weight is 241 g/mol. The van der Waals surface area contributed by atoms with Gasteiger partial charge in [-0.15, -0.1) is 0 Å². The predicted molar refractivity (Wildman–Crippen MR) is 80.9 cm³/mol. The van der Waals surface area contributed by atoms with Crippen LogP contribution in [0.25, 0.3) is 29.5 Å². The van der Waals surface area contributed by atoms with E-state index >= 15 is 0 Å². The standard InChI is InChI=1S/C14H13NO.C2H6/c1-4-10-7-6-8-12-9(3)15-14(16)11(5-2)13(10)12;1-2/h4-8H,1,3H2,2H3,(H,15,16);1-2H3/b11-5+;. The number of pyridine rings is 1. The molecule has 1 N–H and O–H groups in total. The zero-order valence-corrected chi connectivity index (χ0v) is 11.2. The predicted octanol–water partition coefficient (Wildman–Crippen LogP) is 2.41. The van der Waals surface area contributed by atoms with E-state index in [-0.39, 0.29) is 5.56 Å². The Balaban J connectivity index is 0.000000771. The van der Waals surface area contributed by atoms with Gasteiger partial charge < -0.3 is 4.98 Å². The monoisotopic (exact) mass is 241 g/mol. The third-order valence-corrected chi connectivity index (χ3v) is 2.71. The minimum atomic E-state index is -0.102. The zero-order chi connectivity index (χ0) is 13.7. The van der Waals surface area contributed by atoms with Gasteiger partial charge in [0.1, 0.15) is 0 Å². The van der Waals surface area contributed by atoms with E-state index in [4.69, 9.17) is 0 Å². The molecule has 0 bridgehead atoms. The van der Waals surface area contributed by atoms with Crippen LogP contribution in [-0.2, 0) is 0 Å². The van der Waals surface area contributed by atoms with Crippen molar-refractivity contribution in [2.75, 3.05) is 0 Å². The van der Waals surface area contributed by atoms with E-state index in [0.717, 1.165) is 16.3 Å². The molecule has 0 aliphatic heterocycles. The summed E-state index contributed by atoms with van der Waals surface area (Å²) in [4.78, 5) is 14.5. The fraction of sp³-hybridized carbons (Fsp3) is 0.188. The molecule has 1 heterocycles. The van der Waals surface area contributed by atoms with Crippen LogP contribution in [0.15, 0.2) is 29.6 Å². The van der Waals surface area contributed by atoms with Gasteiger partial charge in [-0.1, -0.05) is 57.4 Å². The van der Waals surface area contributed by atoms with Crippen LogP contribution in [0, 0.1) is 0 Å². The fourth-order valence-electron chi connectivity index (χ4n) is 1.95. The van der Waals surface area contributed by atoms with Gasteiger partial charge in [-0.3, -0.25) is 4.79 Å². The second kappa shape index (κ2) is 6.01. The summed E-state index contributed by atoms with van der Waals surface area (Å²) in [6.45, 7) is 13.5. The first kappa shape index (κ1) is 14.0. The molecule has 0 aliphatic rings. The molecule has 0 amide bonds. The van der Waals surface area contributed by atoms with Crippen molar-refractivity contribution in [3.8, 4) is 0 Å². The molecule has 1 aromatic heterocycles. The molecule has 0 fully saturated rings. The first-order chi connectivity index (χ1) is 8.69. The largest absolute Gasteiger partial charge is 0.322 e. The number of hydrogen-bond donors (Lipinski definition) is 1. The number of nitrogens with one attached hydrogen (secondary N) is 1. The van der Waals surface area contributed by atoms with Gasteiger partial charge in [0.25, 0.3) is 5.56 Å². The molecule has 0 saturated carbocycles. The fourth-order valence-corrected chi connectivity index (χ4v) is 1.95. The quantitative estimate of drug-likeness (QED) is 0.817. The van der Waals surface area contributed by atoms with Crippen LogP contribution in [0.5, 0.6) is 0 Å². The Bertz CT molecular complexity index is 723. The molecular formula is C16H19NO. The van der Waals surface area contributed by atoms with Gasteiger partial charge in [-0.2, -0.15) is 0 Å². The minimum Gasteiger partial charge on any atom is -0.322 e. The second-order valence-corrected chi connectivity index (χ2v) is 3.61. The summed E-state index contributed by atoms with van der Waals surface area (Å²) in [7, 11) is 0. The Morgan fingerprint density at radius 1 is 1.28 bits per heavy atom. The van der Waals surface area contributed by atoms with Crippen LogP contribution in [0.4, 0.5) is 0 Å². The lowest BCUT2D eigenvalue weighted by atomic mass is 10.0. The van der Waals surface area contributed by atoms with E-state index in [0.29, 0.717) is 10.6 Å². The van der Waals surface area contributed by atoms with Crippen LogP contribution in [0.1, 0.15) is 26.3 Å². The SMILES string of the molecule is C=Cc1cccc2c(=C)[nH]c(=O)/c(=C/C)c12.CC. The zero-order valence-electron chi connectivity index (χ0n) is 11.2. The van der Waals surface area contributed by atoms with Crippen molar-refractivity contribution in [1.82, 2.24) is 4.98 Å². The number of benzene rings is 1. The second-order valence-electron chi connectivity index (χ2n) is 3.61. The van der Waals surface area contributed by atoms with E-state index in [1.165, 1.54) is 0 Å². The third-order valence-electron chi connectivity index (χ3n) is 2.71. The highest BCUT2D eigenvalue weighted by atomic mass is 16.1. The molecule has 2 aromatic rings. The lowest BCUT2D eigenvalue weighted by Crippen LogP contribution is -2.34. The van der Waals surface area contributed by atoms with Crippen LogP contribution in [0.2, 0.25) is 0 Å². The maximum atomic E-state index is 11.8. The van der Waals surface area contributed by atoms with Crippen LogP contribution in [0.3, 0.4) is 0 Å². The highest BCUT2D eigenvalue weighted by Gasteiger charge is 2.03. The molecule has 0 radical (unpaired) electrons. The molecule has 94 valence electrons. The first-order valence-corrected chi connectivity index (χ1v) is 6.11. The summed E-state index contributed by atoms with van der Waals surface area (Å²) < 4.78 is 0. The maximum Gasteiger partial charge on any atom is 0.255 e. The Kier molecular flexibility index (Phi) is 4.67. The van der Waals surface area contributed by atoms with E-state index in [1.807, 2.05) is 45.0 Å². The number of fused-ring (bicyclic) bond motifs is 1. The van der Waals surface area contributed by atoms with E-state index in [1.54, 1.807) is 6.08 Å². The topological polar surface area (TPSA) is 32.9 Å². The Morgan fingerprint density at radius 2 is 1.94 bits per heavy atom. The Hall–Kier alpha value is -2.09. The molecule has 0 atom stereocenters. The number of aromatic amines is 1. The molecule has 18 heavy (non-hydrogen) atoms. The lowest BCUT2D eigenvalue weighted by Gasteiger charge is -2.03. The summed E-state index contributed by atoms with van der Waals surface area (Å²) in [5.41, 5.74) is 0.857. The van der Waals surface area contributed by atoms with Crippen molar-refractivity contribution < 1.29 is 0 Å². The number of aromatic nitrogens is 1. The number of H-pyrrole nitrogens is 1. The average Bonchev–Trinajstić information content (AvgIpc) is 2.41. The summed E-state index contributed by atoms with van der Waals surface area (Å²) in [5.74, 6) is 0. The minimum absolute atomic E-state index is 0.102. The molecule has 2 rings (SSSR count). The van der Waals surface area contributed by atoms with Crippen molar-refractivity contribution in [3.63, 3.8) is 0 Å². The van der Waals surface area contributed by atoms with Crippen molar-refractivity contribution in [2.45, 2.75) is 20.8 Å². The van der Waals surface area contributed by atoms with Gasteiger partial charge in [0, 0.05) is 21.3 Å². The van der Waals surface area contributed by atoms with Gasteiger partial charge in [0.15, 0.2) is 0 Å². The Labute approximate surface area is 107 Å². The molecule has 0 aliphatic carbocycles. The smallest absolute Gasteiger partial charge is 0.255 e. The molecule has 1 aromatic carbocycles. The summed E-state index contributed by atoms with van der Waals surface area (Å²) in [6.07, 6.45) is 3.57. The lowest BCUT2D eigenvalue weighted by molar-refractivity contribution is 1.19. The van der Waals surface area contributed by atoms with E-state index < -0.39 is 0 Å². The summed E-state index contributed by atoms with van der Waals surface area (Å²) >= 11 is 0. The van der Waals surface area contributed by atoms with Crippen molar-refractivity contribution in [3.05, 3.63) is 51.3 Å². The summed E-state index contributed by atoms with van der Waals surface area (Å²) in [6, 6.07) is 5.83. The maximum absolute atomic E-state index is 11.8. The third kappa shape index (κ3) is 2.28. The van der Waals surface area contributed by atoms with Crippen LogP contribution >= 0.6 is 0 Å². The van der Waals surface area contributed by atoms with E-state index in [2.05, 4.69) is 18.1 Å². The van der Waals surface area contributed by atoms with Crippen molar-refractivity contribution >= 4 is 29.5 Å². The van der Waals surface area contributed by atoms with Gasteiger partial charge in [0.2, 0.25) is 0 Å². The molecular weight excluding hydrogens is 222 g/mol. The highest BCUT2D eigenvalue weighted by molar-refractivity contribution is 5.90. The van der Waals surface area contributed by atoms with Crippen LogP contribution in [-0.4, -0.2) is 4.98 Å². The molecule has 2 nitrogen and oxygen atoms in total. The first-order valence-electron chi connectivity index (χ1n) is 6.11. The summed E-state index contributed by atoms with van der Waals surface area (Å²) in [5, 5.41) is 3.21. The van der Waals surface area contributed by atoms with Gasteiger partial charge in [-0.05, 0) is 12.5 Å². The number of rotatable bonds is 1. The normalized spacial score (nSPS) is 10.9. The molecule has 2 heteroatoms. The molecule has 0 saturated heterocycles. The van der Waals surface area contributed by atoms with Crippen LogP contribution < -0.4 is 16.1 Å². The Morgan fingerprint density at radius 3 is 2.50 bits per heavy atom. The van der Waals surface area contributed by atoms with Gasteiger partial charge in [0.05, 0.1) is 0 Å². The molecule has 0 spiro atoms. The van der Waals surface area contributed by atoms with E-state index in [9.17, 15) is 4.79 Å². The van der Waals surface area contributed by atoms with Crippen molar-refractivity contribution in [1.29, 1.82) is 0 Å². The highest BCUT2D eigenvalue weighted by Crippen LogP contribution is 2.11. The number of hydrogen-bond acceptors (Lipinski definition) is 1. The van der Waals surface area contributed by atoms with Gasteiger partial charge >= 0.3 is 0 Å².